The summed E-state index contributed by atoms with van der Waals surface area (Å²) in [6, 6.07) is 6.35. The molecule has 1 aromatic heterocycles. The summed E-state index contributed by atoms with van der Waals surface area (Å²) in [6.45, 7) is 1.63. The number of alkyl halides is 3. The lowest BCUT2D eigenvalue weighted by Gasteiger charge is -2.05. The van der Waals surface area contributed by atoms with Gasteiger partial charge < -0.3 is 0 Å². The predicted octanol–water partition coefficient (Wildman–Crippen LogP) is 3.76. The van der Waals surface area contributed by atoms with E-state index >= 15 is 0 Å². The first kappa shape index (κ1) is 14.3. The molecular weight excluding hydrogens is 299 g/mol. The molecule has 0 amide bonds. The number of benzene rings is 1. The van der Waals surface area contributed by atoms with Crippen molar-refractivity contribution in [1.29, 1.82) is 0 Å². The Morgan fingerprint density at radius 1 is 1.35 bits per heavy atom. The van der Waals surface area contributed by atoms with E-state index < -0.39 is 27.6 Å². The molecule has 0 aliphatic carbocycles. The minimum Gasteiger partial charge on any atom is -0.258 e. The van der Waals surface area contributed by atoms with Gasteiger partial charge in [0.15, 0.2) is 0 Å². The number of para-hydroxylation sites is 1. The molecule has 0 radical (unpaired) electrons. The second-order valence-corrected chi connectivity index (χ2v) is 4.30. The number of hydrogen-bond donors (Lipinski definition) is 0. The molecule has 0 saturated heterocycles. The first-order valence-electron chi connectivity index (χ1n) is 5.29. The number of rotatable bonds is 2. The molecule has 106 valence electrons. The highest BCUT2D eigenvalue weighted by Crippen LogP contribution is 2.40. The summed E-state index contributed by atoms with van der Waals surface area (Å²) in [5.74, 6) is 0. The molecule has 0 aliphatic rings. The molecule has 0 fully saturated rings. The minimum absolute atomic E-state index is 0.246. The van der Waals surface area contributed by atoms with Gasteiger partial charge in [-0.05, 0) is 18.6 Å². The summed E-state index contributed by atoms with van der Waals surface area (Å²) in [6.07, 6.45) is -4.96. The van der Waals surface area contributed by atoms with Crippen molar-refractivity contribution < 1.29 is 18.1 Å². The Balaban J connectivity index is 2.75. The van der Waals surface area contributed by atoms with Crippen LogP contribution in [0.15, 0.2) is 24.3 Å². The van der Waals surface area contributed by atoms with Crippen molar-refractivity contribution in [3.05, 3.63) is 50.8 Å². The fourth-order valence-corrected chi connectivity index (χ4v) is 1.99. The van der Waals surface area contributed by atoms with Crippen LogP contribution in [0.25, 0.3) is 5.69 Å². The number of aromatic nitrogens is 2. The zero-order valence-corrected chi connectivity index (χ0v) is 10.7. The number of aryl methyl sites for hydroxylation is 1. The van der Waals surface area contributed by atoms with Crippen LogP contribution in [0.4, 0.5) is 18.9 Å². The molecule has 0 atom stereocenters. The second kappa shape index (κ2) is 4.78. The van der Waals surface area contributed by atoms with E-state index in [0.29, 0.717) is 5.56 Å². The second-order valence-electron chi connectivity index (χ2n) is 3.94. The molecule has 5 nitrogen and oxygen atoms in total. The van der Waals surface area contributed by atoms with Gasteiger partial charge in [-0.15, -0.1) is 0 Å². The molecule has 0 aliphatic heterocycles. The Hall–Kier alpha value is -2.09. The molecule has 1 heterocycles. The fourth-order valence-electron chi connectivity index (χ4n) is 1.70. The zero-order valence-electron chi connectivity index (χ0n) is 9.98. The quantitative estimate of drug-likeness (QED) is 0.627. The Labute approximate surface area is 115 Å². The molecule has 20 heavy (non-hydrogen) atoms. The highest BCUT2D eigenvalue weighted by molar-refractivity contribution is 6.32. The summed E-state index contributed by atoms with van der Waals surface area (Å²) < 4.78 is 39.1. The van der Waals surface area contributed by atoms with Crippen LogP contribution in [0, 0.1) is 17.0 Å². The van der Waals surface area contributed by atoms with Crippen LogP contribution < -0.4 is 0 Å². The van der Waals surface area contributed by atoms with Gasteiger partial charge in [-0.1, -0.05) is 29.8 Å². The first-order valence-corrected chi connectivity index (χ1v) is 5.67. The highest BCUT2D eigenvalue weighted by atomic mass is 35.5. The van der Waals surface area contributed by atoms with Crippen LogP contribution in [0.1, 0.15) is 11.3 Å². The fraction of sp³-hybridized carbons (Fsp3) is 0.182. The van der Waals surface area contributed by atoms with Crippen LogP contribution in [0.2, 0.25) is 5.15 Å². The Kier molecular flexibility index (Phi) is 3.43. The molecule has 0 saturated carbocycles. The molecule has 0 unspecified atom stereocenters. The third-order valence-corrected chi connectivity index (χ3v) is 2.94. The van der Waals surface area contributed by atoms with Crippen LogP contribution in [-0.4, -0.2) is 14.7 Å². The van der Waals surface area contributed by atoms with Gasteiger partial charge in [0.25, 0.3) is 0 Å². The SMILES string of the molecule is Cc1ccccc1-n1nc(C(F)(F)F)c([N+](=O)[O-])c1Cl. The van der Waals surface area contributed by atoms with Crippen molar-refractivity contribution in [1.82, 2.24) is 9.78 Å². The van der Waals surface area contributed by atoms with Gasteiger partial charge >= 0.3 is 11.9 Å². The number of nitrogens with zero attached hydrogens (tertiary/aromatic N) is 3. The average Bonchev–Trinajstić information content (AvgIpc) is 2.67. The lowest BCUT2D eigenvalue weighted by molar-refractivity contribution is -0.388. The summed E-state index contributed by atoms with van der Waals surface area (Å²) in [7, 11) is 0. The van der Waals surface area contributed by atoms with Gasteiger partial charge in [-0.3, -0.25) is 10.1 Å². The van der Waals surface area contributed by atoms with Gasteiger partial charge in [0.2, 0.25) is 10.8 Å². The number of halogens is 4. The average molecular weight is 306 g/mol. The lowest BCUT2D eigenvalue weighted by Crippen LogP contribution is -2.09. The van der Waals surface area contributed by atoms with E-state index in [9.17, 15) is 23.3 Å². The maximum Gasteiger partial charge on any atom is 0.442 e. The summed E-state index contributed by atoms with van der Waals surface area (Å²) in [5.41, 5.74) is -2.03. The molecular formula is C11H7ClF3N3O2. The van der Waals surface area contributed by atoms with E-state index in [4.69, 9.17) is 11.6 Å². The van der Waals surface area contributed by atoms with E-state index in [0.717, 1.165) is 4.68 Å². The summed E-state index contributed by atoms with van der Waals surface area (Å²) in [4.78, 5) is 9.60. The van der Waals surface area contributed by atoms with Crippen LogP contribution in [-0.2, 0) is 6.18 Å². The molecule has 2 aromatic rings. The van der Waals surface area contributed by atoms with Crippen molar-refractivity contribution >= 4 is 17.3 Å². The van der Waals surface area contributed by atoms with E-state index in [1.54, 1.807) is 25.1 Å². The lowest BCUT2D eigenvalue weighted by atomic mass is 10.2. The topological polar surface area (TPSA) is 61.0 Å². The highest BCUT2D eigenvalue weighted by Gasteiger charge is 2.45. The smallest absolute Gasteiger partial charge is 0.258 e. The number of nitro groups is 1. The maximum atomic E-state index is 12.8. The van der Waals surface area contributed by atoms with Gasteiger partial charge in [-0.25, -0.2) is 4.68 Å². The summed E-state index contributed by atoms with van der Waals surface area (Å²) >= 11 is 5.70. The van der Waals surface area contributed by atoms with E-state index in [-0.39, 0.29) is 5.69 Å². The molecule has 9 heteroatoms. The van der Waals surface area contributed by atoms with Gasteiger partial charge in [0, 0.05) is 0 Å². The molecule has 1 aromatic carbocycles. The Morgan fingerprint density at radius 2 is 1.95 bits per heavy atom. The predicted molar refractivity (Wildman–Crippen MR) is 65.0 cm³/mol. The third-order valence-electron chi connectivity index (χ3n) is 2.60. The van der Waals surface area contributed by atoms with Crippen LogP contribution in [0.5, 0.6) is 0 Å². The largest absolute Gasteiger partial charge is 0.442 e. The molecule has 0 N–H and O–H groups in total. The Bertz CT molecular complexity index is 682. The van der Waals surface area contributed by atoms with Crippen LogP contribution >= 0.6 is 11.6 Å². The minimum atomic E-state index is -4.96. The van der Waals surface area contributed by atoms with E-state index in [1.807, 2.05) is 0 Å². The van der Waals surface area contributed by atoms with E-state index in [1.165, 1.54) is 6.07 Å². The van der Waals surface area contributed by atoms with Crippen molar-refractivity contribution in [2.45, 2.75) is 13.1 Å². The first-order chi connectivity index (χ1) is 9.23. The zero-order chi connectivity index (χ0) is 15.1. The van der Waals surface area contributed by atoms with E-state index in [2.05, 4.69) is 5.10 Å². The molecule has 0 spiro atoms. The summed E-state index contributed by atoms with van der Waals surface area (Å²) in [5, 5.41) is 13.4. The van der Waals surface area contributed by atoms with Crippen molar-refractivity contribution in [2.24, 2.45) is 0 Å². The van der Waals surface area contributed by atoms with Gasteiger partial charge in [0.05, 0.1) is 10.6 Å². The van der Waals surface area contributed by atoms with Crippen LogP contribution in [0.3, 0.4) is 0 Å². The monoisotopic (exact) mass is 305 g/mol. The normalized spacial score (nSPS) is 11.7. The molecule has 0 bridgehead atoms. The molecule has 2 rings (SSSR count). The van der Waals surface area contributed by atoms with Crippen molar-refractivity contribution in [3.63, 3.8) is 0 Å². The van der Waals surface area contributed by atoms with Gasteiger partial charge in [0.1, 0.15) is 0 Å². The van der Waals surface area contributed by atoms with Crippen molar-refractivity contribution in [2.75, 3.05) is 0 Å². The maximum absolute atomic E-state index is 12.8. The third kappa shape index (κ3) is 2.34. The van der Waals surface area contributed by atoms with Gasteiger partial charge in [-0.2, -0.15) is 18.3 Å². The number of hydrogen-bond acceptors (Lipinski definition) is 3. The van der Waals surface area contributed by atoms with Crippen molar-refractivity contribution in [3.8, 4) is 5.69 Å². The standard InChI is InChI=1S/C11H7ClF3N3O2/c1-6-4-2-3-5-7(6)17-10(12)8(18(19)20)9(16-17)11(13,14)15/h2-5H,1H3. The Morgan fingerprint density at radius 3 is 2.40 bits per heavy atom.